The van der Waals surface area contributed by atoms with E-state index in [0.29, 0.717) is 23.0 Å². The molecule has 0 bridgehead atoms. The predicted octanol–water partition coefficient (Wildman–Crippen LogP) is 3.40. The summed E-state index contributed by atoms with van der Waals surface area (Å²) in [6, 6.07) is 3.04. The molecular formula is C23H29FN4O4S2. The minimum Gasteiger partial charge on any atom is -0.328 e. The predicted molar refractivity (Wildman–Crippen MR) is 127 cm³/mol. The molecule has 8 nitrogen and oxygen atoms in total. The highest BCUT2D eigenvalue weighted by molar-refractivity contribution is 7.89. The summed E-state index contributed by atoms with van der Waals surface area (Å²) in [4.78, 5) is 31.8. The van der Waals surface area contributed by atoms with Crippen LogP contribution in [0, 0.1) is 18.7 Å². The maximum Gasteiger partial charge on any atom is 0.248 e. The standard InChI is InChI=1S/C23H29FN4O4S2/c1-16-7-8-18(14-19(16)24)34(31,32)27-10-11-28(21(29)15-27)20(13-17-5-3-2-4-6-17)22(30)26-23-25-9-12-33-23/h7-9,12,14,17,20H,2-6,10-11,13,15H2,1H3,(H,25,26,30)/t20-/m0/s1. The number of thiazole rings is 1. The van der Waals surface area contributed by atoms with Crippen LogP contribution < -0.4 is 5.32 Å². The van der Waals surface area contributed by atoms with E-state index in [1.165, 1.54) is 34.8 Å². The molecule has 4 rings (SSSR count). The van der Waals surface area contributed by atoms with E-state index in [1.807, 2.05) is 0 Å². The molecule has 184 valence electrons. The molecule has 2 aliphatic rings. The summed E-state index contributed by atoms with van der Waals surface area (Å²) in [7, 11) is -4.03. The zero-order chi connectivity index (χ0) is 24.3. The number of sulfonamides is 1. The number of carbonyl (C=O) groups is 2. The summed E-state index contributed by atoms with van der Waals surface area (Å²) < 4.78 is 41.1. The summed E-state index contributed by atoms with van der Waals surface area (Å²) in [6.07, 6.45) is 7.57. The molecule has 34 heavy (non-hydrogen) atoms. The molecule has 1 saturated carbocycles. The Labute approximate surface area is 203 Å². The highest BCUT2D eigenvalue weighted by Gasteiger charge is 2.39. The minimum absolute atomic E-state index is 0.0370. The van der Waals surface area contributed by atoms with E-state index in [-0.39, 0.29) is 30.4 Å². The van der Waals surface area contributed by atoms with Gasteiger partial charge in [-0.3, -0.25) is 9.59 Å². The normalized spacial score (nSPS) is 19.2. The molecular weight excluding hydrogens is 479 g/mol. The van der Waals surface area contributed by atoms with Crippen molar-refractivity contribution in [3.05, 3.63) is 41.2 Å². The van der Waals surface area contributed by atoms with E-state index < -0.39 is 27.8 Å². The van der Waals surface area contributed by atoms with Gasteiger partial charge in [0.05, 0.1) is 11.4 Å². The SMILES string of the molecule is Cc1ccc(S(=O)(=O)N2CCN([C@@H](CC3CCCCC3)C(=O)Nc3nccs3)C(=O)C2)cc1F. The average Bonchev–Trinajstić information content (AvgIpc) is 3.33. The Morgan fingerprint density at radius 2 is 2.03 bits per heavy atom. The largest absolute Gasteiger partial charge is 0.328 e. The fraction of sp³-hybridized carbons (Fsp3) is 0.522. The third-order valence-electron chi connectivity index (χ3n) is 6.63. The number of rotatable bonds is 7. The number of piperazine rings is 1. The minimum atomic E-state index is -4.03. The lowest BCUT2D eigenvalue weighted by Crippen LogP contribution is -2.58. The lowest BCUT2D eigenvalue weighted by Gasteiger charge is -2.39. The number of nitrogens with zero attached hydrogens (tertiary/aromatic N) is 3. The third-order valence-corrected chi connectivity index (χ3v) is 9.16. The molecule has 1 atom stereocenters. The van der Waals surface area contributed by atoms with Crippen molar-refractivity contribution in [3.63, 3.8) is 0 Å². The first-order valence-electron chi connectivity index (χ1n) is 11.5. The van der Waals surface area contributed by atoms with Crippen LogP contribution in [0.4, 0.5) is 9.52 Å². The fourth-order valence-electron chi connectivity index (χ4n) is 4.67. The van der Waals surface area contributed by atoms with Crippen LogP contribution in [0.2, 0.25) is 0 Å². The quantitative estimate of drug-likeness (QED) is 0.618. The van der Waals surface area contributed by atoms with E-state index >= 15 is 0 Å². The topological polar surface area (TPSA) is 99.7 Å². The van der Waals surface area contributed by atoms with Crippen LogP contribution in [0.1, 0.15) is 44.1 Å². The molecule has 1 aromatic heterocycles. The van der Waals surface area contributed by atoms with Crippen molar-refractivity contribution in [2.45, 2.75) is 56.4 Å². The van der Waals surface area contributed by atoms with Crippen molar-refractivity contribution in [2.24, 2.45) is 5.92 Å². The highest BCUT2D eigenvalue weighted by atomic mass is 32.2. The van der Waals surface area contributed by atoms with Gasteiger partial charge in [-0.25, -0.2) is 17.8 Å². The molecule has 2 aromatic rings. The van der Waals surface area contributed by atoms with Crippen molar-refractivity contribution in [2.75, 3.05) is 25.0 Å². The lowest BCUT2D eigenvalue weighted by atomic mass is 9.84. The van der Waals surface area contributed by atoms with E-state index in [4.69, 9.17) is 0 Å². The Morgan fingerprint density at radius 3 is 2.68 bits per heavy atom. The second kappa shape index (κ2) is 10.5. The van der Waals surface area contributed by atoms with Crippen molar-refractivity contribution in [3.8, 4) is 0 Å². The van der Waals surface area contributed by atoms with Gasteiger partial charge in [0.1, 0.15) is 11.9 Å². The second-order valence-corrected chi connectivity index (χ2v) is 11.8. The molecule has 1 N–H and O–H groups in total. The third kappa shape index (κ3) is 5.47. The summed E-state index contributed by atoms with van der Waals surface area (Å²) in [5.41, 5.74) is 0.344. The Balaban J connectivity index is 1.50. The molecule has 2 heterocycles. The monoisotopic (exact) mass is 508 g/mol. The lowest BCUT2D eigenvalue weighted by molar-refractivity contribution is -0.142. The van der Waals surface area contributed by atoms with Crippen LogP contribution in [0.15, 0.2) is 34.7 Å². The van der Waals surface area contributed by atoms with Gasteiger partial charge in [0, 0.05) is 24.7 Å². The molecule has 2 amide bonds. The highest BCUT2D eigenvalue weighted by Crippen LogP contribution is 2.30. The van der Waals surface area contributed by atoms with Crippen LogP contribution in [-0.4, -0.2) is 60.1 Å². The number of nitrogens with one attached hydrogen (secondary N) is 1. The number of hydrogen-bond acceptors (Lipinski definition) is 6. The summed E-state index contributed by atoms with van der Waals surface area (Å²) in [5.74, 6) is -1.01. The van der Waals surface area contributed by atoms with Crippen LogP contribution in [0.3, 0.4) is 0 Å². The number of hydrogen-bond donors (Lipinski definition) is 1. The maximum atomic E-state index is 14.0. The van der Waals surface area contributed by atoms with Crippen LogP contribution >= 0.6 is 11.3 Å². The first kappa shape index (κ1) is 24.7. The average molecular weight is 509 g/mol. The Bertz CT molecular complexity index is 1130. The van der Waals surface area contributed by atoms with Crippen molar-refractivity contribution < 1.29 is 22.4 Å². The van der Waals surface area contributed by atoms with Crippen molar-refractivity contribution in [1.82, 2.24) is 14.2 Å². The number of amides is 2. The van der Waals surface area contributed by atoms with Gasteiger partial charge < -0.3 is 10.2 Å². The van der Waals surface area contributed by atoms with E-state index in [2.05, 4.69) is 10.3 Å². The van der Waals surface area contributed by atoms with Gasteiger partial charge in [-0.15, -0.1) is 11.3 Å². The number of aryl methyl sites for hydroxylation is 1. The molecule has 0 radical (unpaired) electrons. The van der Waals surface area contributed by atoms with Crippen molar-refractivity contribution in [1.29, 1.82) is 0 Å². The van der Waals surface area contributed by atoms with Gasteiger partial charge in [-0.05, 0) is 37.0 Å². The van der Waals surface area contributed by atoms with Gasteiger partial charge in [-0.2, -0.15) is 4.31 Å². The summed E-state index contributed by atoms with van der Waals surface area (Å²) in [5, 5.41) is 5.03. The molecule has 1 aromatic carbocycles. The maximum absolute atomic E-state index is 14.0. The Kier molecular flexibility index (Phi) is 7.63. The number of carbonyl (C=O) groups excluding carboxylic acids is 2. The Morgan fingerprint density at radius 1 is 1.26 bits per heavy atom. The molecule has 1 saturated heterocycles. The Hall–Kier alpha value is -2.37. The van der Waals surface area contributed by atoms with Crippen LogP contribution in [0.25, 0.3) is 0 Å². The van der Waals surface area contributed by atoms with Crippen LogP contribution in [0.5, 0.6) is 0 Å². The van der Waals surface area contributed by atoms with Gasteiger partial charge in [0.15, 0.2) is 5.13 Å². The van der Waals surface area contributed by atoms with Gasteiger partial charge >= 0.3 is 0 Å². The van der Waals surface area contributed by atoms with E-state index in [9.17, 15) is 22.4 Å². The van der Waals surface area contributed by atoms with Crippen LogP contribution in [-0.2, 0) is 19.6 Å². The first-order chi connectivity index (χ1) is 16.3. The smallest absolute Gasteiger partial charge is 0.248 e. The first-order valence-corrected chi connectivity index (χ1v) is 13.8. The van der Waals surface area contributed by atoms with Gasteiger partial charge in [-0.1, -0.05) is 38.2 Å². The molecule has 11 heteroatoms. The number of halogens is 1. The molecule has 0 spiro atoms. The van der Waals surface area contributed by atoms with Gasteiger partial charge in [0.2, 0.25) is 21.8 Å². The van der Waals surface area contributed by atoms with Gasteiger partial charge in [0.25, 0.3) is 0 Å². The number of anilines is 1. The zero-order valence-electron chi connectivity index (χ0n) is 19.1. The fourth-order valence-corrected chi connectivity index (χ4v) is 6.60. The number of aromatic nitrogens is 1. The second-order valence-electron chi connectivity index (χ2n) is 8.92. The molecule has 2 fully saturated rings. The zero-order valence-corrected chi connectivity index (χ0v) is 20.7. The number of benzene rings is 1. The van der Waals surface area contributed by atoms with Crippen molar-refractivity contribution >= 4 is 38.3 Å². The summed E-state index contributed by atoms with van der Waals surface area (Å²) in [6.45, 7) is 1.30. The van der Waals surface area contributed by atoms with E-state index in [1.54, 1.807) is 18.5 Å². The molecule has 0 unspecified atom stereocenters. The molecule has 1 aliphatic heterocycles. The summed E-state index contributed by atoms with van der Waals surface area (Å²) >= 11 is 1.30. The van der Waals surface area contributed by atoms with E-state index in [0.717, 1.165) is 36.1 Å². The molecule has 1 aliphatic carbocycles.